The summed E-state index contributed by atoms with van der Waals surface area (Å²) >= 11 is 1.61. The van der Waals surface area contributed by atoms with Crippen LogP contribution in [0.2, 0.25) is 0 Å². The largest absolute Gasteiger partial charge is 0.342 e. The highest BCUT2D eigenvalue weighted by atomic mass is 32.1. The molecule has 4 rings (SSSR count). The minimum absolute atomic E-state index is 0.146. The monoisotopic (exact) mass is 372 g/mol. The number of carbonyl (C=O) groups excluding carboxylic acids is 1. The average molecular weight is 372 g/mol. The lowest BCUT2D eigenvalue weighted by Crippen LogP contribution is -2.40. The predicted molar refractivity (Wildman–Crippen MR) is 101 cm³/mol. The molecule has 138 valence electrons. The van der Waals surface area contributed by atoms with Gasteiger partial charge in [-0.25, -0.2) is 4.98 Å². The van der Waals surface area contributed by atoms with Crippen LogP contribution < -0.4 is 5.56 Å². The Labute approximate surface area is 156 Å². The molecule has 0 saturated carbocycles. The normalized spacial score (nSPS) is 19.6. The van der Waals surface area contributed by atoms with E-state index < -0.39 is 0 Å². The van der Waals surface area contributed by atoms with E-state index in [4.69, 9.17) is 0 Å². The molecule has 2 aromatic heterocycles. The number of hydrogen-bond donors (Lipinski definition) is 0. The number of hydrogen-bond acceptors (Lipinski definition) is 5. The third-order valence-electron chi connectivity index (χ3n) is 5.42. The van der Waals surface area contributed by atoms with Crippen LogP contribution in [0.25, 0.3) is 0 Å². The molecule has 2 aliphatic rings. The number of aryl methyl sites for hydroxylation is 3. The highest BCUT2D eigenvalue weighted by molar-refractivity contribution is 7.11. The zero-order chi connectivity index (χ0) is 18.3. The number of aromatic nitrogens is 3. The van der Waals surface area contributed by atoms with Crippen molar-refractivity contribution in [2.75, 3.05) is 13.1 Å². The quantitative estimate of drug-likeness (QED) is 0.828. The maximum absolute atomic E-state index is 12.8. The Morgan fingerprint density at radius 1 is 1.27 bits per heavy atom. The van der Waals surface area contributed by atoms with Crippen LogP contribution in [0.4, 0.5) is 0 Å². The van der Waals surface area contributed by atoms with E-state index in [9.17, 15) is 9.59 Å². The molecule has 6 nitrogen and oxygen atoms in total. The first-order valence-electron chi connectivity index (χ1n) is 9.32. The number of rotatable bonds is 3. The van der Waals surface area contributed by atoms with Gasteiger partial charge in [0, 0.05) is 48.6 Å². The summed E-state index contributed by atoms with van der Waals surface area (Å²) < 4.78 is 2.21. The molecule has 0 spiro atoms. The van der Waals surface area contributed by atoms with Gasteiger partial charge in [0.2, 0.25) is 5.91 Å². The molecular formula is C19H24N4O2S. The molecule has 4 heterocycles. The van der Waals surface area contributed by atoms with Gasteiger partial charge in [0.25, 0.3) is 5.56 Å². The summed E-state index contributed by atoms with van der Waals surface area (Å²) in [6.45, 7) is 6.37. The van der Waals surface area contributed by atoms with Crippen LogP contribution in [0.5, 0.6) is 0 Å². The molecule has 1 saturated heterocycles. The second-order valence-corrected chi connectivity index (χ2v) is 8.58. The number of carbonyl (C=O) groups is 1. The standard InChI is InChI=1S/C19H24N4O2S/c1-12-16(26-13(2)20-12)10-19(25)22-7-3-5-14(11-22)15-9-18(24)21-17-6-4-8-23(15)17/h9,14H,3-8,10-11H2,1-2H3/t14-/m0/s1. The van der Waals surface area contributed by atoms with Crippen LogP contribution in [-0.4, -0.2) is 38.4 Å². The van der Waals surface area contributed by atoms with Crippen molar-refractivity contribution in [3.05, 3.63) is 43.5 Å². The van der Waals surface area contributed by atoms with Crippen LogP contribution in [-0.2, 0) is 24.2 Å². The molecule has 0 unspecified atom stereocenters. The van der Waals surface area contributed by atoms with E-state index in [1.165, 1.54) is 0 Å². The van der Waals surface area contributed by atoms with Gasteiger partial charge in [0.15, 0.2) is 0 Å². The number of nitrogens with zero attached hydrogens (tertiary/aromatic N) is 4. The second kappa shape index (κ2) is 6.95. The first kappa shape index (κ1) is 17.4. The molecule has 1 fully saturated rings. The topological polar surface area (TPSA) is 68.1 Å². The van der Waals surface area contributed by atoms with E-state index in [-0.39, 0.29) is 17.4 Å². The summed E-state index contributed by atoms with van der Waals surface area (Å²) in [4.78, 5) is 36.4. The van der Waals surface area contributed by atoms with E-state index in [0.29, 0.717) is 13.0 Å². The molecule has 1 amide bonds. The van der Waals surface area contributed by atoms with Gasteiger partial charge in [-0.1, -0.05) is 0 Å². The molecule has 26 heavy (non-hydrogen) atoms. The van der Waals surface area contributed by atoms with Gasteiger partial charge in [-0.15, -0.1) is 11.3 Å². The van der Waals surface area contributed by atoms with Crippen molar-refractivity contribution < 1.29 is 4.79 Å². The van der Waals surface area contributed by atoms with E-state index >= 15 is 0 Å². The predicted octanol–water partition coefficient (Wildman–Crippen LogP) is 2.21. The molecule has 0 aliphatic carbocycles. The van der Waals surface area contributed by atoms with E-state index in [0.717, 1.165) is 65.9 Å². The molecule has 2 aliphatic heterocycles. The maximum atomic E-state index is 12.8. The Hall–Kier alpha value is -2.02. The Kier molecular flexibility index (Phi) is 4.65. The molecule has 1 atom stereocenters. The molecular weight excluding hydrogens is 348 g/mol. The summed E-state index contributed by atoms with van der Waals surface area (Å²) in [7, 11) is 0. The smallest absolute Gasteiger partial charge is 0.273 e. The lowest BCUT2D eigenvalue weighted by Gasteiger charge is -2.34. The Balaban J connectivity index is 1.52. The summed E-state index contributed by atoms with van der Waals surface area (Å²) in [5.74, 6) is 1.30. The average Bonchev–Trinajstić information content (AvgIpc) is 3.20. The highest BCUT2D eigenvalue weighted by Crippen LogP contribution is 2.29. The van der Waals surface area contributed by atoms with Crippen LogP contribution in [0.3, 0.4) is 0 Å². The van der Waals surface area contributed by atoms with Crippen molar-refractivity contribution in [1.29, 1.82) is 0 Å². The van der Waals surface area contributed by atoms with Crippen molar-refractivity contribution in [3.63, 3.8) is 0 Å². The van der Waals surface area contributed by atoms with Crippen molar-refractivity contribution in [2.24, 2.45) is 0 Å². The van der Waals surface area contributed by atoms with Crippen LogP contribution in [0.15, 0.2) is 10.9 Å². The van der Waals surface area contributed by atoms with Crippen molar-refractivity contribution >= 4 is 17.2 Å². The molecule has 0 bridgehead atoms. The minimum atomic E-state index is -0.146. The number of likely N-dealkylation sites (tertiary alicyclic amines) is 1. The number of amides is 1. The van der Waals surface area contributed by atoms with Crippen molar-refractivity contribution in [3.8, 4) is 0 Å². The van der Waals surface area contributed by atoms with Crippen LogP contribution in [0, 0.1) is 13.8 Å². The SMILES string of the molecule is Cc1nc(C)c(CC(=O)N2CCC[C@H](c3cc(=O)nc4n3CCC4)C2)s1. The fraction of sp³-hybridized carbons (Fsp3) is 0.579. The molecule has 0 radical (unpaired) electrons. The minimum Gasteiger partial charge on any atom is -0.342 e. The van der Waals surface area contributed by atoms with Crippen LogP contribution >= 0.6 is 11.3 Å². The maximum Gasteiger partial charge on any atom is 0.273 e. The van der Waals surface area contributed by atoms with Gasteiger partial charge in [-0.05, 0) is 33.1 Å². The van der Waals surface area contributed by atoms with E-state index in [1.807, 2.05) is 18.7 Å². The highest BCUT2D eigenvalue weighted by Gasteiger charge is 2.29. The lowest BCUT2D eigenvalue weighted by atomic mass is 9.93. The van der Waals surface area contributed by atoms with Gasteiger partial charge in [-0.3, -0.25) is 9.59 Å². The number of fused-ring (bicyclic) bond motifs is 1. The first-order valence-corrected chi connectivity index (χ1v) is 10.1. The number of piperidine rings is 1. The van der Waals surface area contributed by atoms with E-state index in [1.54, 1.807) is 17.4 Å². The van der Waals surface area contributed by atoms with Crippen molar-refractivity contribution in [1.82, 2.24) is 19.4 Å². The summed E-state index contributed by atoms with van der Waals surface area (Å²) in [6, 6.07) is 1.68. The fourth-order valence-corrected chi connectivity index (χ4v) is 5.12. The van der Waals surface area contributed by atoms with Gasteiger partial charge in [0.1, 0.15) is 5.82 Å². The van der Waals surface area contributed by atoms with Gasteiger partial charge in [-0.2, -0.15) is 4.98 Å². The molecule has 2 aromatic rings. The van der Waals surface area contributed by atoms with Gasteiger partial charge in [0.05, 0.1) is 17.1 Å². The van der Waals surface area contributed by atoms with E-state index in [2.05, 4.69) is 14.5 Å². The summed E-state index contributed by atoms with van der Waals surface area (Å²) in [5.41, 5.74) is 1.89. The zero-order valence-electron chi connectivity index (χ0n) is 15.3. The van der Waals surface area contributed by atoms with Crippen molar-refractivity contribution in [2.45, 2.75) is 58.4 Å². The van der Waals surface area contributed by atoms with Gasteiger partial charge >= 0.3 is 0 Å². The Bertz CT molecular complexity index is 901. The molecule has 7 heteroatoms. The fourth-order valence-electron chi connectivity index (χ4n) is 4.19. The molecule has 0 aromatic carbocycles. The summed E-state index contributed by atoms with van der Waals surface area (Å²) in [6.07, 6.45) is 4.35. The Morgan fingerprint density at radius 3 is 2.88 bits per heavy atom. The van der Waals surface area contributed by atoms with Crippen LogP contribution in [0.1, 0.15) is 52.3 Å². The second-order valence-electron chi connectivity index (χ2n) is 7.29. The number of thiazole rings is 1. The summed E-state index contributed by atoms with van der Waals surface area (Å²) in [5, 5.41) is 1.01. The Morgan fingerprint density at radius 2 is 2.12 bits per heavy atom. The third kappa shape index (κ3) is 3.32. The zero-order valence-corrected chi connectivity index (χ0v) is 16.1. The third-order valence-corrected chi connectivity index (χ3v) is 6.49. The first-order chi connectivity index (χ1) is 12.5. The lowest BCUT2D eigenvalue weighted by molar-refractivity contribution is -0.131. The van der Waals surface area contributed by atoms with Gasteiger partial charge < -0.3 is 9.47 Å². The molecule has 0 N–H and O–H groups in total.